The molecule has 0 saturated heterocycles. The van der Waals surface area contributed by atoms with Gasteiger partial charge >= 0.3 is 0 Å². The van der Waals surface area contributed by atoms with Crippen molar-refractivity contribution in [3.8, 4) is 0 Å². The predicted molar refractivity (Wildman–Crippen MR) is 107 cm³/mol. The minimum Gasteiger partial charge on any atom is -0.381 e. The molecule has 0 aromatic rings. The fourth-order valence-electron chi connectivity index (χ4n) is 0.198. The van der Waals surface area contributed by atoms with Crippen LogP contribution >= 0.6 is 0 Å². The van der Waals surface area contributed by atoms with E-state index in [0.29, 0.717) is 26.7 Å². The van der Waals surface area contributed by atoms with Gasteiger partial charge in [0, 0.05) is 26.7 Å². The molecule has 14 nitrogen and oxygen atoms in total. The van der Waals surface area contributed by atoms with Crippen LogP contribution in [-0.4, -0.2) is 102 Å². The summed E-state index contributed by atoms with van der Waals surface area (Å²) < 4.78 is 0. The van der Waals surface area contributed by atoms with Crippen molar-refractivity contribution in [3.05, 3.63) is 0 Å². The van der Waals surface area contributed by atoms with Crippen LogP contribution in [0.3, 0.4) is 0 Å². The number of hydrogen-bond donors (Lipinski definition) is 14. The van der Waals surface area contributed by atoms with Crippen molar-refractivity contribution in [2.45, 2.75) is 0 Å². The van der Waals surface area contributed by atoms with Crippen LogP contribution in [-0.2, 0) is 0 Å². The minimum absolute atomic E-state index is 0.0312. The molecule has 0 rings (SSSR count). The molecule has 0 aliphatic carbocycles. The molecule has 0 bridgehead atoms. The largest absolute Gasteiger partial charge is 0.381 e. The summed E-state index contributed by atoms with van der Waals surface area (Å²) in [5.41, 5.74) is 19.7. The van der Waals surface area contributed by atoms with Gasteiger partial charge in [-0.2, -0.15) is 0 Å². The standard InChI is InChI=1S/C2H9N3.C2H8N2O.C2H8N2.C2H7NO2.C2H7NO.C2H7N/c3-1-5-2-4;3-1-4-2-5;1-4-2-3;4-1-3-2-5;1-3-2-4;1-3-2/h5H,1-4H2;4-5H,1-3H2;4H,2-3H2,1H3;3-5H,1-2H2;3-4H,2H2,1H3;3H,1-2H3. The predicted octanol–water partition coefficient (Wildman–Crippen LogP) is -6.56. The zero-order valence-corrected chi connectivity index (χ0v) is 16.8. The van der Waals surface area contributed by atoms with E-state index < -0.39 is 0 Å². The van der Waals surface area contributed by atoms with Crippen LogP contribution in [0.15, 0.2) is 0 Å². The third-order valence-corrected chi connectivity index (χ3v) is 1.13. The summed E-state index contributed by atoms with van der Waals surface area (Å²) in [4.78, 5) is 0. The summed E-state index contributed by atoms with van der Waals surface area (Å²) in [7, 11) is 7.24. The molecule has 0 aromatic heterocycles. The number of aliphatic hydroxyl groups is 4. The average molecular weight is 395 g/mol. The van der Waals surface area contributed by atoms with Crippen molar-refractivity contribution in [1.29, 1.82) is 0 Å². The first-order valence-electron chi connectivity index (χ1n) is 7.73. The molecule has 0 unspecified atom stereocenters. The number of rotatable bonds is 8. The Labute approximate surface area is 158 Å². The molecule has 0 fully saturated rings. The first kappa shape index (κ1) is 40.2. The maximum Gasteiger partial charge on any atom is 0.0948 e. The Morgan fingerprint density at radius 3 is 0.769 bits per heavy atom. The number of aliphatic hydroxyl groups excluding tert-OH is 4. The molecule has 0 aliphatic heterocycles. The van der Waals surface area contributed by atoms with Crippen LogP contribution in [0, 0.1) is 0 Å². The van der Waals surface area contributed by atoms with Crippen LogP contribution in [0.5, 0.6) is 0 Å². The summed E-state index contributed by atoms with van der Waals surface area (Å²) in [5.74, 6) is 0. The van der Waals surface area contributed by atoms with E-state index >= 15 is 0 Å². The van der Waals surface area contributed by atoms with Crippen LogP contribution in [0.25, 0.3) is 0 Å². The van der Waals surface area contributed by atoms with Gasteiger partial charge < -0.3 is 54.0 Å². The molecular weight excluding hydrogens is 348 g/mol. The number of nitrogens with two attached hydrogens (primary N) is 4. The summed E-state index contributed by atoms with van der Waals surface area (Å²) in [6.07, 6.45) is 0. The number of hydrogen-bond acceptors (Lipinski definition) is 14. The third kappa shape index (κ3) is 213. The average Bonchev–Trinajstić information content (AvgIpc) is 2.66. The Balaban J connectivity index is -0.0000000466. The lowest BCUT2D eigenvalue weighted by Gasteiger charge is -1.87. The molecule has 18 N–H and O–H groups in total. The summed E-state index contributed by atoms with van der Waals surface area (Å²) in [5, 5.41) is 46.5. The highest BCUT2D eigenvalue weighted by molar-refractivity contribution is 4.23. The zero-order valence-electron chi connectivity index (χ0n) is 16.8. The van der Waals surface area contributed by atoms with Crippen molar-refractivity contribution < 1.29 is 20.4 Å². The van der Waals surface area contributed by atoms with Crippen molar-refractivity contribution in [3.63, 3.8) is 0 Å². The molecule has 0 heterocycles. The molecule has 26 heavy (non-hydrogen) atoms. The summed E-state index contributed by atoms with van der Waals surface area (Å²) in [6, 6.07) is 0. The van der Waals surface area contributed by atoms with Crippen molar-refractivity contribution in [1.82, 2.24) is 31.9 Å². The molecule has 0 saturated carbocycles. The van der Waals surface area contributed by atoms with Gasteiger partial charge in [-0.15, -0.1) is 0 Å². The third-order valence-electron chi connectivity index (χ3n) is 1.13. The molecule has 0 atom stereocenters. The summed E-state index contributed by atoms with van der Waals surface area (Å²) in [6.45, 7) is 1.58. The first-order valence-corrected chi connectivity index (χ1v) is 7.73. The fourth-order valence-corrected chi connectivity index (χ4v) is 0.198. The topological polar surface area (TPSA) is 257 Å². The molecule has 0 amide bonds. The molecule has 14 heteroatoms. The molecule has 168 valence electrons. The first-order chi connectivity index (χ1) is 12.5. The van der Waals surface area contributed by atoms with E-state index in [1.807, 2.05) is 14.1 Å². The highest BCUT2D eigenvalue weighted by Crippen LogP contribution is 1.37. The van der Waals surface area contributed by atoms with Gasteiger partial charge in [0.2, 0.25) is 0 Å². The van der Waals surface area contributed by atoms with Gasteiger partial charge in [-0.05, 0) is 28.2 Å². The van der Waals surface area contributed by atoms with Gasteiger partial charge in [0.25, 0.3) is 0 Å². The van der Waals surface area contributed by atoms with Gasteiger partial charge in [0.05, 0.1) is 26.9 Å². The highest BCUT2D eigenvalue weighted by atomic mass is 16.3. The Kier molecular flexibility index (Phi) is 115. The maximum atomic E-state index is 7.88. The second-order valence-corrected chi connectivity index (χ2v) is 3.41. The van der Waals surface area contributed by atoms with E-state index in [1.54, 1.807) is 14.1 Å². The summed E-state index contributed by atoms with van der Waals surface area (Å²) >= 11 is 0. The second kappa shape index (κ2) is 74.3. The maximum absolute atomic E-state index is 7.88. The van der Waals surface area contributed by atoms with E-state index in [2.05, 4.69) is 31.9 Å². The monoisotopic (exact) mass is 394 g/mol. The van der Waals surface area contributed by atoms with Crippen molar-refractivity contribution in [2.24, 2.45) is 22.9 Å². The van der Waals surface area contributed by atoms with Crippen LogP contribution in [0.4, 0.5) is 0 Å². The lowest BCUT2D eigenvalue weighted by molar-refractivity contribution is 0.185. The van der Waals surface area contributed by atoms with Crippen molar-refractivity contribution >= 4 is 0 Å². The lowest BCUT2D eigenvalue weighted by atomic mass is 11.0. The van der Waals surface area contributed by atoms with Gasteiger partial charge in [-0.1, -0.05) is 0 Å². The number of nitrogens with one attached hydrogen (secondary N) is 6. The van der Waals surface area contributed by atoms with E-state index in [-0.39, 0.29) is 26.9 Å². The van der Waals surface area contributed by atoms with Crippen LogP contribution in [0.1, 0.15) is 0 Å². The highest BCUT2D eigenvalue weighted by Gasteiger charge is 1.64. The molecule has 0 aliphatic rings. The van der Waals surface area contributed by atoms with E-state index in [4.69, 9.17) is 43.4 Å². The fraction of sp³-hybridized carbons (Fsp3) is 1.00. The van der Waals surface area contributed by atoms with Gasteiger partial charge in [-0.3, -0.25) is 21.3 Å². The smallest absolute Gasteiger partial charge is 0.0948 e. The Hall–Kier alpha value is -0.560. The second-order valence-electron chi connectivity index (χ2n) is 3.41. The van der Waals surface area contributed by atoms with Crippen LogP contribution in [0.2, 0.25) is 0 Å². The van der Waals surface area contributed by atoms with Gasteiger partial charge in [-0.25, -0.2) is 0 Å². The molecular formula is C12H46N10O4. The molecule has 0 radical (unpaired) electrons. The lowest BCUT2D eigenvalue weighted by Crippen LogP contribution is -2.28. The SMILES string of the molecule is CNC.CNCN.CNCO.NCNCN.NCNCO.OCNCO. The van der Waals surface area contributed by atoms with E-state index in [1.165, 1.54) is 0 Å². The van der Waals surface area contributed by atoms with Gasteiger partial charge in [0.15, 0.2) is 0 Å². The Morgan fingerprint density at radius 2 is 0.769 bits per heavy atom. The Bertz CT molecular complexity index is 116. The van der Waals surface area contributed by atoms with E-state index in [9.17, 15) is 0 Å². The molecule has 0 spiro atoms. The Morgan fingerprint density at radius 1 is 0.500 bits per heavy atom. The van der Waals surface area contributed by atoms with Gasteiger partial charge in [0.1, 0.15) is 0 Å². The van der Waals surface area contributed by atoms with E-state index in [0.717, 1.165) is 0 Å². The minimum atomic E-state index is -0.156. The van der Waals surface area contributed by atoms with Crippen LogP contribution < -0.4 is 54.8 Å². The molecule has 0 aromatic carbocycles. The normalized spacial score (nSPS) is 7.85. The zero-order chi connectivity index (χ0) is 21.9. The van der Waals surface area contributed by atoms with Crippen molar-refractivity contribution in [2.75, 3.05) is 81.8 Å². The quantitative estimate of drug-likeness (QED) is 0.171.